The van der Waals surface area contributed by atoms with Crippen molar-refractivity contribution in [3.63, 3.8) is 0 Å². The Kier molecular flexibility index (Phi) is 6.46. The summed E-state index contributed by atoms with van der Waals surface area (Å²) >= 11 is 0. The average molecular weight is 437 g/mol. The number of rotatable bonds is 7. The summed E-state index contributed by atoms with van der Waals surface area (Å²) in [5.41, 5.74) is 2.98. The molecular weight excluding hydrogens is 404 g/mol. The maximum Gasteiger partial charge on any atom is 0.251 e. The molecule has 1 aliphatic carbocycles. The summed E-state index contributed by atoms with van der Waals surface area (Å²) in [6.45, 7) is 8.25. The van der Waals surface area contributed by atoms with Gasteiger partial charge in [0.1, 0.15) is 29.6 Å². The van der Waals surface area contributed by atoms with Crippen molar-refractivity contribution in [1.82, 2.24) is 14.9 Å². The highest BCUT2D eigenvalue weighted by Crippen LogP contribution is 2.40. The molecule has 1 unspecified atom stereocenters. The zero-order chi connectivity index (χ0) is 22.7. The molecule has 1 aromatic heterocycles. The van der Waals surface area contributed by atoms with Crippen LogP contribution in [0.25, 0.3) is 5.57 Å². The molecule has 0 bridgehead atoms. The molecule has 0 radical (unpaired) electrons. The lowest BCUT2D eigenvalue weighted by molar-refractivity contribution is -0.139. The van der Waals surface area contributed by atoms with Crippen molar-refractivity contribution in [3.05, 3.63) is 54.0 Å². The first-order chi connectivity index (χ1) is 15.4. The van der Waals surface area contributed by atoms with Gasteiger partial charge in [-0.15, -0.1) is 0 Å². The highest BCUT2D eigenvalue weighted by atomic mass is 16.5. The molecule has 1 saturated heterocycles. The molecule has 1 saturated carbocycles. The summed E-state index contributed by atoms with van der Waals surface area (Å²) in [6.07, 6.45) is 5.91. The standard InChI is InChI=1S/C25H32N4O3/c1-4-6-21(19-7-5-8-20(15-19)32-25(3)9-10-25)22-16-23(27-17-26-22)28-11-13-29(14-12-28)24(31)18(2)30/h5-8,15-18,30H,4,9-14H2,1-3H3. The zero-order valence-electron chi connectivity index (χ0n) is 19.1. The molecule has 1 atom stereocenters. The van der Waals surface area contributed by atoms with Crippen LogP contribution in [0.3, 0.4) is 0 Å². The van der Waals surface area contributed by atoms with Gasteiger partial charge >= 0.3 is 0 Å². The van der Waals surface area contributed by atoms with Crippen molar-refractivity contribution in [2.75, 3.05) is 31.1 Å². The third-order valence-corrected chi connectivity index (χ3v) is 6.07. The third kappa shape index (κ3) is 5.10. The molecular formula is C25H32N4O3. The van der Waals surface area contributed by atoms with Crippen LogP contribution in [-0.4, -0.2) is 63.8 Å². The molecule has 0 spiro atoms. The van der Waals surface area contributed by atoms with Gasteiger partial charge in [0.05, 0.1) is 5.69 Å². The number of allylic oxidation sites excluding steroid dienone is 1. The van der Waals surface area contributed by atoms with Crippen molar-refractivity contribution in [3.8, 4) is 5.75 Å². The fourth-order valence-electron chi connectivity index (χ4n) is 3.95. The lowest BCUT2D eigenvalue weighted by atomic mass is 10.0. The first-order valence-electron chi connectivity index (χ1n) is 11.4. The van der Waals surface area contributed by atoms with Gasteiger partial charge in [-0.3, -0.25) is 4.79 Å². The lowest BCUT2D eigenvalue weighted by Gasteiger charge is -2.36. The third-order valence-electron chi connectivity index (χ3n) is 6.07. The largest absolute Gasteiger partial charge is 0.488 e. The van der Waals surface area contributed by atoms with E-state index in [0.717, 1.165) is 47.7 Å². The number of ether oxygens (including phenoxy) is 1. The van der Waals surface area contributed by atoms with Crippen LogP contribution in [0.1, 0.15) is 51.3 Å². The second-order valence-corrected chi connectivity index (χ2v) is 8.86. The average Bonchev–Trinajstić information content (AvgIpc) is 3.53. The van der Waals surface area contributed by atoms with Crippen molar-refractivity contribution in [1.29, 1.82) is 0 Å². The molecule has 1 aromatic carbocycles. The van der Waals surface area contributed by atoms with Crippen LogP contribution in [0.15, 0.2) is 42.7 Å². The minimum absolute atomic E-state index is 0.0211. The topological polar surface area (TPSA) is 78.8 Å². The number of hydrogen-bond donors (Lipinski definition) is 1. The van der Waals surface area contributed by atoms with Gasteiger partial charge in [0.2, 0.25) is 0 Å². The van der Waals surface area contributed by atoms with Crippen LogP contribution in [0, 0.1) is 0 Å². The van der Waals surface area contributed by atoms with Gasteiger partial charge < -0.3 is 19.6 Å². The van der Waals surface area contributed by atoms with Gasteiger partial charge in [0.25, 0.3) is 5.91 Å². The van der Waals surface area contributed by atoms with E-state index in [2.05, 4.69) is 46.9 Å². The maximum atomic E-state index is 12.0. The Morgan fingerprint density at radius 1 is 1.22 bits per heavy atom. The van der Waals surface area contributed by atoms with Crippen molar-refractivity contribution in [2.45, 2.75) is 51.7 Å². The summed E-state index contributed by atoms with van der Waals surface area (Å²) in [5, 5.41) is 9.56. The number of aliphatic hydroxyl groups excluding tert-OH is 1. The van der Waals surface area contributed by atoms with E-state index in [0.29, 0.717) is 26.2 Å². The molecule has 170 valence electrons. The summed E-state index contributed by atoms with van der Waals surface area (Å²) in [7, 11) is 0. The Labute approximate surface area is 189 Å². The van der Waals surface area contributed by atoms with Gasteiger partial charge in [0, 0.05) is 37.8 Å². The number of piperazine rings is 1. The van der Waals surface area contributed by atoms with Crippen LogP contribution in [-0.2, 0) is 4.79 Å². The van der Waals surface area contributed by atoms with Crippen LogP contribution in [0.4, 0.5) is 5.82 Å². The summed E-state index contributed by atoms with van der Waals surface area (Å²) in [4.78, 5) is 25.0. The predicted molar refractivity (Wildman–Crippen MR) is 125 cm³/mol. The van der Waals surface area contributed by atoms with E-state index in [1.165, 1.54) is 6.92 Å². The van der Waals surface area contributed by atoms with Gasteiger partial charge in [0.15, 0.2) is 0 Å². The van der Waals surface area contributed by atoms with Gasteiger partial charge in [-0.25, -0.2) is 9.97 Å². The molecule has 2 aromatic rings. The number of anilines is 1. The minimum Gasteiger partial charge on any atom is -0.488 e. The molecule has 4 rings (SSSR count). The molecule has 2 heterocycles. The van der Waals surface area contributed by atoms with E-state index < -0.39 is 6.10 Å². The van der Waals surface area contributed by atoms with E-state index in [1.807, 2.05) is 18.2 Å². The normalized spacial score (nSPS) is 18.9. The first kappa shape index (κ1) is 22.3. The fourth-order valence-corrected chi connectivity index (χ4v) is 3.95. The number of amides is 1. The number of benzene rings is 1. The van der Waals surface area contributed by atoms with Crippen molar-refractivity contribution >= 4 is 17.3 Å². The minimum atomic E-state index is -0.962. The monoisotopic (exact) mass is 436 g/mol. The van der Waals surface area contributed by atoms with Gasteiger partial charge in [-0.2, -0.15) is 0 Å². The second kappa shape index (κ2) is 9.28. The van der Waals surface area contributed by atoms with Gasteiger partial charge in [-0.1, -0.05) is 25.1 Å². The van der Waals surface area contributed by atoms with Crippen LogP contribution < -0.4 is 9.64 Å². The first-order valence-corrected chi connectivity index (χ1v) is 11.4. The molecule has 32 heavy (non-hydrogen) atoms. The fraction of sp³-hybridized carbons (Fsp3) is 0.480. The highest BCUT2D eigenvalue weighted by molar-refractivity contribution is 5.81. The number of aliphatic hydroxyl groups is 1. The Bertz CT molecular complexity index is 992. The second-order valence-electron chi connectivity index (χ2n) is 8.86. The van der Waals surface area contributed by atoms with E-state index in [-0.39, 0.29) is 11.5 Å². The molecule has 2 aliphatic rings. The lowest BCUT2D eigenvalue weighted by Crippen LogP contribution is -2.51. The Morgan fingerprint density at radius 3 is 2.62 bits per heavy atom. The Balaban J connectivity index is 1.53. The molecule has 1 aliphatic heterocycles. The van der Waals surface area contributed by atoms with E-state index in [4.69, 9.17) is 4.74 Å². The number of carbonyl (C=O) groups excluding carboxylic acids is 1. The van der Waals surface area contributed by atoms with Crippen molar-refractivity contribution in [2.24, 2.45) is 0 Å². The maximum absolute atomic E-state index is 12.0. The zero-order valence-corrected chi connectivity index (χ0v) is 19.1. The predicted octanol–water partition coefficient (Wildman–Crippen LogP) is 3.28. The van der Waals surface area contributed by atoms with Crippen LogP contribution >= 0.6 is 0 Å². The SMILES string of the molecule is CCC=C(c1cccc(OC2(C)CC2)c1)c1cc(N2CCN(C(=O)C(C)O)CC2)ncn1. The number of nitrogens with zero attached hydrogens (tertiary/aromatic N) is 4. The molecule has 1 N–H and O–H groups in total. The van der Waals surface area contributed by atoms with Crippen molar-refractivity contribution < 1.29 is 14.6 Å². The molecule has 7 nitrogen and oxygen atoms in total. The Hall–Kier alpha value is -2.93. The van der Waals surface area contributed by atoms with Gasteiger partial charge in [-0.05, 0) is 50.8 Å². The number of aromatic nitrogens is 2. The van der Waals surface area contributed by atoms with E-state index >= 15 is 0 Å². The van der Waals surface area contributed by atoms with Crippen LogP contribution in [0.2, 0.25) is 0 Å². The molecule has 1 amide bonds. The quantitative estimate of drug-likeness (QED) is 0.718. The smallest absolute Gasteiger partial charge is 0.251 e. The molecule has 7 heteroatoms. The molecule has 2 fully saturated rings. The number of hydrogen-bond acceptors (Lipinski definition) is 6. The number of carbonyl (C=O) groups is 1. The summed E-state index contributed by atoms with van der Waals surface area (Å²) in [5.74, 6) is 1.51. The van der Waals surface area contributed by atoms with E-state index in [1.54, 1.807) is 11.2 Å². The Morgan fingerprint density at radius 2 is 1.97 bits per heavy atom. The summed E-state index contributed by atoms with van der Waals surface area (Å²) < 4.78 is 6.16. The van der Waals surface area contributed by atoms with Crippen LogP contribution in [0.5, 0.6) is 5.75 Å². The van der Waals surface area contributed by atoms with E-state index in [9.17, 15) is 9.90 Å². The summed E-state index contributed by atoms with van der Waals surface area (Å²) in [6, 6.07) is 10.2. The highest BCUT2D eigenvalue weighted by Gasteiger charge is 2.40.